The van der Waals surface area contributed by atoms with Gasteiger partial charge in [-0.15, -0.1) is 5.10 Å². The van der Waals surface area contributed by atoms with Crippen molar-refractivity contribution in [3.63, 3.8) is 0 Å². The number of aromatic nitrogens is 3. The molecule has 0 radical (unpaired) electrons. The number of aliphatic hydroxyl groups excluding tert-OH is 2. The lowest BCUT2D eigenvalue weighted by Gasteiger charge is -2.48. The fourth-order valence-electron chi connectivity index (χ4n) is 11.4. The van der Waals surface area contributed by atoms with Crippen molar-refractivity contribution in [2.45, 2.75) is 204 Å². The van der Waals surface area contributed by atoms with E-state index in [0.717, 1.165) is 0 Å². The van der Waals surface area contributed by atoms with Gasteiger partial charge in [0.05, 0.1) is 59.9 Å². The predicted molar refractivity (Wildman–Crippen MR) is 268 cm³/mol. The van der Waals surface area contributed by atoms with Crippen LogP contribution in [0, 0.1) is 17.8 Å². The third kappa shape index (κ3) is 14.4. The molecule has 73 heavy (non-hydrogen) atoms. The van der Waals surface area contributed by atoms with Gasteiger partial charge in [-0.1, -0.05) is 38.1 Å². The largest absolute Gasteiger partial charge is 0.465 e. The van der Waals surface area contributed by atoms with E-state index in [-0.39, 0.29) is 37.3 Å². The first-order valence-electron chi connectivity index (χ1n) is 26.0. The molecular formula is C53H88FN5O14. The number of carbonyl (C=O) groups is 2. The van der Waals surface area contributed by atoms with Gasteiger partial charge in [-0.2, -0.15) is 0 Å². The first-order valence-corrected chi connectivity index (χ1v) is 26.0. The number of cyclic esters (lactones) is 1. The third-order valence-electron chi connectivity index (χ3n) is 16.1. The molecule has 3 aliphatic heterocycles. The number of alkyl halides is 1. The Balaban J connectivity index is 1.41. The Morgan fingerprint density at radius 3 is 2.23 bits per heavy atom. The number of aliphatic hydroxyl groups is 4. The summed E-state index contributed by atoms with van der Waals surface area (Å²) in [5.74, 6) is -3.08. The molecule has 0 spiro atoms. The minimum Gasteiger partial charge on any atom is -0.465 e. The molecule has 0 aliphatic carbocycles. The summed E-state index contributed by atoms with van der Waals surface area (Å²) in [7, 11) is 8.18. The Labute approximate surface area is 432 Å². The van der Waals surface area contributed by atoms with Crippen molar-refractivity contribution >= 4 is 11.9 Å². The number of methoxy groups -OCH3 is 3. The van der Waals surface area contributed by atoms with Gasteiger partial charge in [0.2, 0.25) is 0 Å². The van der Waals surface area contributed by atoms with Gasteiger partial charge in [0, 0.05) is 70.8 Å². The number of nitrogens with zero attached hydrogens (tertiary/aromatic N) is 5. The second kappa shape index (κ2) is 25.7. The highest BCUT2D eigenvalue weighted by Crippen LogP contribution is 2.40. The van der Waals surface area contributed by atoms with Crippen LogP contribution in [0.2, 0.25) is 0 Å². The summed E-state index contributed by atoms with van der Waals surface area (Å²) >= 11 is 0. The molecule has 4 N–H and O–H groups in total. The van der Waals surface area contributed by atoms with E-state index in [2.05, 4.69) is 15.2 Å². The highest BCUT2D eigenvalue weighted by molar-refractivity contribution is 5.89. The SMILES string of the molecule is CC[C@H]1OC(=O)[C@H](C)[C@@H](O[C@H]2C[C@@](C)(OC)[C@@H](O)[C@H](C)O2)[C@H](C)[C@@H](O[C@H]2C[C@@H](N(C)CCc3cn([C@H](CF)[C@H](OC)c4ccc(C(=O)OC)cc4)nn3)C[C@@H](C)O2)[C@](C)(O)C[C@@H](C)CN(C)[C@H](C)[C@@H](O)[C@]1(C)O. The van der Waals surface area contributed by atoms with Crippen molar-refractivity contribution in [3.8, 4) is 0 Å². The molecular weight excluding hydrogens is 950 g/mol. The molecule has 19 nitrogen and oxygen atoms in total. The third-order valence-corrected chi connectivity index (χ3v) is 16.1. The Morgan fingerprint density at radius 1 is 0.959 bits per heavy atom. The topological polar surface area (TPSA) is 226 Å². The maximum Gasteiger partial charge on any atom is 0.337 e. The number of esters is 2. The Kier molecular flexibility index (Phi) is 21.4. The van der Waals surface area contributed by atoms with E-state index < -0.39 is 115 Å². The minimum atomic E-state index is -1.83. The molecule has 20 heteroatoms. The molecule has 5 rings (SSSR count). The molecule has 0 saturated carbocycles. The van der Waals surface area contributed by atoms with Crippen LogP contribution in [0.25, 0.3) is 0 Å². The summed E-state index contributed by atoms with van der Waals surface area (Å²) in [4.78, 5) is 30.6. The number of halogens is 1. The average Bonchev–Trinajstić information content (AvgIpc) is 3.83. The van der Waals surface area contributed by atoms with Crippen molar-refractivity contribution in [1.82, 2.24) is 24.8 Å². The van der Waals surface area contributed by atoms with Crippen molar-refractivity contribution < 1.29 is 72.3 Å². The van der Waals surface area contributed by atoms with Crippen LogP contribution in [0.4, 0.5) is 4.39 Å². The zero-order chi connectivity index (χ0) is 54.3. The molecule has 2 aromatic rings. The summed E-state index contributed by atoms with van der Waals surface area (Å²) < 4.78 is 65.4. The summed E-state index contributed by atoms with van der Waals surface area (Å²) in [6.45, 7) is 18.0. The highest BCUT2D eigenvalue weighted by Gasteiger charge is 2.52. The highest BCUT2D eigenvalue weighted by atomic mass is 19.1. The smallest absolute Gasteiger partial charge is 0.337 e. The number of rotatable bonds is 16. The van der Waals surface area contributed by atoms with E-state index in [4.69, 9.17) is 37.9 Å². The van der Waals surface area contributed by atoms with Gasteiger partial charge in [0.1, 0.15) is 42.7 Å². The summed E-state index contributed by atoms with van der Waals surface area (Å²) in [5, 5.41) is 56.2. The summed E-state index contributed by atoms with van der Waals surface area (Å²) in [5.41, 5.74) is -2.75. The van der Waals surface area contributed by atoms with Gasteiger partial charge < -0.3 is 68.1 Å². The molecule has 19 atom stereocenters. The summed E-state index contributed by atoms with van der Waals surface area (Å²) in [6, 6.07) is 5.20. The van der Waals surface area contributed by atoms with Crippen molar-refractivity contribution in [2.75, 3.05) is 55.2 Å². The van der Waals surface area contributed by atoms with Crippen LogP contribution in [0.5, 0.6) is 0 Å². The van der Waals surface area contributed by atoms with Gasteiger partial charge in [0.25, 0.3) is 0 Å². The zero-order valence-corrected chi connectivity index (χ0v) is 46.0. The van der Waals surface area contributed by atoms with E-state index in [9.17, 15) is 34.4 Å². The molecule has 3 fully saturated rings. The van der Waals surface area contributed by atoms with Crippen molar-refractivity contribution in [3.05, 3.63) is 47.3 Å². The number of carbonyl (C=O) groups excluding carboxylic acids is 2. The number of benzene rings is 1. The van der Waals surface area contributed by atoms with E-state index in [1.807, 2.05) is 46.7 Å². The maximum atomic E-state index is 14.8. The van der Waals surface area contributed by atoms with Crippen LogP contribution < -0.4 is 0 Å². The Bertz CT molecular complexity index is 2050. The molecule has 1 aromatic carbocycles. The van der Waals surface area contributed by atoms with Crippen LogP contribution in [0.1, 0.15) is 135 Å². The minimum absolute atomic E-state index is 0.0359. The molecule has 0 amide bonds. The van der Waals surface area contributed by atoms with Gasteiger partial charge >= 0.3 is 11.9 Å². The Hall–Kier alpha value is -3.25. The molecule has 4 heterocycles. The maximum absolute atomic E-state index is 14.8. The standard InChI is InChI=1S/C53H88FN5O14/c1-16-41-53(10,65)46(60)34(6)58(12)28-30(2)25-51(8,64)48(32(4)44(33(5)49(62)71-41)72-43-26-52(9,68-15)47(61)35(7)70-43)73-42-24-39(23-31(3)69-42)57(11)22-21-38-29-59(56-55-38)40(27-54)45(66-13)36-17-19-37(20-18-36)50(63)67-14/h17-20,29-35,39-48,60-61,64-65H,16,21-28H2,1-15H3/t30-,31-,32+,33-,34-,35+,39+,40-,41-,42+,43+,44+,45-,46-,47+,48-,51-,52-,53-/m1/s1. The fourth-order valence-corrected chi connectivity index (χ4v) is 11.4. The van der Waals surface area contributed by atoms with E-state index in [1.54, 1.807) is 65.1 Å². The monoisotopic (exact) mass is 1040 g/mol. The molecule has 3 aliphatic rings. The van der Waals surface area contributed by atoms with E-state index in [0.29, 0.717) is 49.2 Å². The predicted octanol–water partition coefficient (Wildman–Crippen LogP) is 4.82. The fraction of sp³-hybridized carbons (Fsp3) is 0.811. The first-order chi connectivity index (χ1) is 34.2. The van der Waals surface area contributed by atoms with Crippen LogP contribution >= 0.6 is 0 Å². The lowest BCUT2D eigenvalue weighted by atomic mass is 9.77. The number of likely N-dealkylation sites (N-methyl/N-ethyl adjacent to an activating group) is 2. The molecule has 416 valence electrons. The van der Waals surface area contributed by atoms with Crippen LogP contribution in [0.3, 0.4) is 0 Å². The normalized spacial score (nSPS) is 38.5. The van der Waals surface area contributed by atoms with Gasteiger partial charge in [-0.3, -0.25) is 4.79 Å². The quantitative estimate of drug-likeness (QED) is 0.165. The zero-order valence-electron chi connectivity index (χ0n) is 46.0. The number of hydrogen-bond acceptors (Lipinski definition) is 18. The second-order valence-electron chi connectivity index (χ2n) is 22.0. The lowest BCUT2D eigenvalue weighted by molar-refractivity contribution is -0.308. The number of hydrogen-bond donors (Lipinski definition) is 4. The van der Waals surface area contributed by atoms with Gasteiger partial charge in [-0.05, 0) is 105 Å². The van der Waals surface area contributed by atoms with E-state index in [1.165, 1.54) is 32.9 Å². The molecule has 1 aromatic heterocycles. The van der Waals surface area contributed by atoms with Crippen LogP contribution in [-0.4, -0.2) is 197 Å². The van der Waals surface area contributed by atoms with E-state index >= 15 is 0 Å². The lowest BCUT2D eigenvalue weighted by Crippen LogP contribution is -2.59. The van der Waals surface area contributed by atoms with Crippen molar-refractivity contribution in [1.29, 1.82) is 0 Å². The van der Waals surface area contributed by atoms with Gasteiger partial charge in [0.15, 0.2) is 12.6 Å². The first kappa shape index (κ1) is 60.6. The summed E-state index contributed by atoms with van der Waals surface area (Å²) in [6.07, 6.45) is -4.90. The molecule has 0 unspecified atom stereocenters. The average molecular weight is 1040 g/mol. The van der Waals surface area contributed by atoms with Gasteiger partial charge in [-0.25, -0.2) is 13.9 Å². The van der Waals surface area contributed by atoms with Crippen LogP contribution in [-0.2, 0) is 49.1 Å². The second-order valence-corrected chi connectivity index (χ2v) is 22.0. The molecule has 3 saturated heterocycles. The Morgan fingerprint density at radius 2 is 1.63 bits per heavy atom. The molecule has 0 bridgehead atoms. The van der Waals surface area contributed by atoms with Crippen molar-refractivity contribution in [2.24, 2.45) is 17.8 Å². The number of ether oxygens (including phenoxy) is 8. The van der Waals surface area contributed by atoms with Crippen LogP contribution in [0.15, 0.2) is 30.5 Å².